The molecule has 1 rings (SSSR count). The minimum atomic E-state index is 0.0781. The SMILES string of the molecule is CC(C)c1ccccc1C(=O)N(C)C. The average Bonchev–Trinajstić information content (AvgIpc) is 2.16. The Morgan fingerprint density at radius 1 is 1.21 bits per heavy atom. The summed E-state index contributed by atoms with van der Waals surface area (Å²) in [5.74, 6) is 0.462. The fourth-order valence-electron chi connectivity index (χ4n) is 1.44. The van der Waals surface area contributed by atoms with E-state index in [2.05, 4.69) is 13.8 Å². The summed E-state index contributed by atoms with van der Waals surface area (Å²) in [4.78, 5) is 13.4. The van der Waals surface area contributed by atoms with E-state index in [1.165, 1.54) is 0 Å². The van der Waals surface area contributed by atoms with E-state index in [0.717, 1.165) is 11.1 Å². The van der Waals surface area contributed by atoms with Crippen LogP contribution >= 0.6 is 0 Å². The number of amides is 1. The van der Waals surface area contributed by atoms with Crippen molar-refractivity contribution in [3.8, 4) is 0 Å². The first-order valence-corrected chi connectivity index (χ1v) is 4.84. The summed E-state index contributed by atoms with van der Waals surface area (Å²) in [6.45, 7) is 4.20. The first kappa shape index (κ1) is 10.8. The van der Waals surface area contributed by atoms with Crippen LogP contribution in [0, 0.1) is 0 Å². The molecule has 0 spiro atoms. The molecule has 0 saturated carbocycles. The van der Waals surface area contributed by atoms with Crippen LogP contribution in [0.3, 0.4) is 0 Å². The van der Waals surface area contributed by atoms with Crippen LogP contribution in [0.4, 0.5) is 0 Å². The Hall–Kier alpha value is -1.31. The van der Waals surface area contributed by atoms with Gasteiger partial charge in [0, 0.05) is 19.7 Å². The molecule has 2 heteroatoms. The zero-order valence-corrected chi connectivity index (χ0v) is 9.24. The molecule has 14 heavy (non-hydrogen) atoms. The van der Waals surface area contributed by atoms with Gasteiger partial charge in [-0.25, -0.2) is 0 Å². The van der Waals surface area contributed by atoms with Gasteiger partial charge in [0.1, 0.15) is 0 Å². The van der Waals surface area contributed by atoms with Crippen molar-refractivity contribution in [2.45, 2.75) is 19.8 Å². The van der Waals surface area contributed by atoms with Crippen LogP contribution in [0.25, 0.3) is 0 Å². The topological polar surface area (TPSA) is 20.3 Å². The molecule has 0 aliphatic rings. The molecule has 0 saturated heterocycles. The molecule has 0 radical (unpaired) electrons. The highest BCUT2D eigenvalue weighted by atomic mass is 16.2. The molecule has 0 unspecified atom stereocenters. The fourth-order valence-corrected chi connectivity index (χ4v) is 1.44. The number of carbonyl (C=O) groups excluding carboxylic acids is 1. The van der Waals surface area contributed by atoms with Crippen LogP contribution in [-0.2, 0) is 0 Å². The minimum absolute atomic E-state index is 0.0781. The molecule has 76 valence electrons. The molecule has 0 bridgehead atoms. The summed E-state index contributed by atoms with van der Waals surface area (Å²) >= 11 is 0. The van der Waals surface area contributed by atoms with Gasteiger partial charge in [-0.15, -0.1) is 0 Å². The second-order valence-electron chi connectivity index (χ2n) is 3.94. The van der Waals surface area contributed by atoms with E-state index in [-0.39, 0.29) is 5.91 Å². The Labute approximate surface area is 85.5 Å². The van der Waals surface area contributed by atoms with Gasteiger partial charge in [0.05, 0.1) is 0 Å². The van der Waals surface area contributed by atoms with Crippen LogP contribution in [0.2, 0.25) is 0 Å². The fraction of sp³-hybridized carbons (Fsp3) is 0.417. The molecule has 0 fully saturated rings. The van der Waals surface area contributed by atoms with E-state index in [9.17, 15) is 4.79 Å². The molecule has 0 aliphatic heterocycles. The molecule has 1 aromatic carbocycles. The zero-order chi connectivity index (χ0) is 10.7. The number of hydrogen-bond donors (Lipinski definition) is 0. The average molecular weight is 191 g/mol. The molecular formula is C12H17NO. The van der Waals surface area contributed by atoms with Crippen molar-refractivity contribution in [3.63, 3.8) is 0 Å². The lowest BCUT2D eigenvalue weighted by Crippen LogP contribution is -2.23. The first-order chi connectivity index (χ1) is 6.54. The first-order valence-electron chi connectivity index (χ1n) is 4.84. The predicted molar refractivity (Wildman–Crippen MR) is 58.5 cm³/mol. The number of nitrogens with zero attached hydrogens (tertiary/aromatic N) is 1. The van der Waals surface area contributed by atoms with Gasteiger partial charge < -0.3 is 4.90 Å². The summed E-state index contributed by atoms with van der Waals surface area (Å²) in [5.41, 5.74) is 1.93. The third-order valence-corrected chi connectivity index (χ3v) is 2.22. The highest BCUT2D eigenvalue weighted by Crippen LogP contribution is 2.19. The zero-order valence-electron chi connectivity index (χ0n) is 9.24. The quantitative estimate of drug-likeness (QED) is 0.703. The monoisotopic (exact) mass is 191 g/mol. The lowest BCUT2D eigenvalue weighted by atomic mass is 9.97. The van der Waals surface area contributed by atoms with E-state index in [1.54, 1.807) is 19.0 Å². The van der Waals surface area contributed by atoms with E-state index < -0.39 is 0 Å². The lowest BCUT2D eigenvalue weighted by molar-refractivity contribution is 0.0826. The number of rotatable bonds is 2. The minimum Gasteiger partial charge on any atom is -0.345 e. The summed E-state index contributed by atoms with van der Waals surface area (Å²) in [6, 6.07) is 7.78. The van der Waals surface area contributed by atoms with Gasteiger partial charge in [-0.2, -0.15) is 0 Å². The van der Waals surface area contributed by atoms with Crippen LogP contribution in [0.1, 0.15) is 35.7 Å². The third-order valence-electron chi connectivity index (χ3n) is 2.22. The van der Waals surface area contributed by atoms with Gasteiger partial charge in [0.15, 0.2) is 0 Å². The maximum Gasteiger partial charge on any atom is 0.253 e. The van der Waals surface area contributed by atoms with Gasteiger partial charge in [-0.1, -0.05) is 32.0 Å². The van der Waals surface area contributed by atoms with Crippen LogP contribution < -0.4 is 0 Å². The second kappa shape index (κ2) is 4.27. The molecule has 0 aromatic heterocycles. The molecule has 0 aliphatic carbocycles. The normalized spacial score (nSPS) is 10.4. The highest BCUT2D eigenvalue weighted by Gasteiger charge is 2.13. The highest BCUT2D eigenvalue weighted by molar-refractivity contribution is 5.95. The lowest BCUT2D eigenvalue weighted by Gasteiger charge is -2.15. The van der Waals surface area contributed by atoms with Crippen molar-refractivity contribution in [1.29, 1.82) is 0 Å². The van der Waals surface area contributed by atoms with Gasteiger partial charge in [-0.05, 0) is 17.5 Å². The largest absolute Gasteiger partial charge is 0.345 e. The van der Waals surface area contributed by atoms with E-state index in [4.69, 9.17) is 0 Å². The molecule has 0 heterocycles. The van der Waals surface area contributed by atoms with Gasteiger partial charge in [-0.3, -0.25) is 4.79 Å². The van der Waals surface area contributed by atoms with Crippen molar-refractivity contribution in [2.24, 2.45) is 0 Å². The Morgan fingerprint density at radius 3 is 2.29 bits per heavy atom. The Bertz CT molecular complexity index is 329. The van der Waals surface area contributed by atoms with E-state index in [0.29, 0.717) is 5.92 Å². The number of hydrogen-bond acceptors (Lipinski definition) is 1. The van der Waals surface area contributed by atoms with Crippen LogP contribution in [0.5, 0.6) is 0 Å². The Morgan fingerprint density at radius 2 is 1.79 bits per heavy atom. The third kappa shape index (κ3) is 2.13. The van der Waals surface area contributed by atoms with Crippen molar-refractivity contribution >= 4 is 5.91 Å². The molecular weight excluding hydrogens is 174 g/mol. The van der Waals surface area contributed by atoms with Gasteiger partial charge in [0.25, 0.3) is 5.91 Å². The Balaban J connectivity index is 3.13. The smallest absolute Gasteiger partial charge is 0.253 e. The molecule has 1 aromatic rings. The van der Waals surface area contributed by atoms with E-state index >= 15 is 0 Å². The summed E-state index contributed by atoms with van der Waals surface area (Å²) in [5, 5.41) is 0. The second-order valence-corrected chi connectivity index (χ2v) is 3.94. The molecule has 0 atom stereocenters. The summed E-state index contributed by atoms with van der Waals surface area (Å²) in [7, 11) is 3.55. The Kier molecular flexibility index (Phi) is 3.28. The maximum atomic E-state index is 11.8. The van der Waals surface area contributed by atoms with Crippen molar-refractivity contribution in [3.05, 3.63) is 35.4 Å². The van der Waals surface area contributed by atoms with Crippen LogP contribution in [-0.4, -0.2) is 24.9 Å². The standard InChI is InChI=1S/C12H17NO/c1-9(2)10-7-5-6-8-11(10)12(14)13(3)4/h5-9H,1-4H3. The maximum absolute atomic E-state index is 11.8. The van der Waals surface area contributed by atoms with Crippen molar-refractivity contribution in [1.82, 2.24) is 4.90 Å². The molecule has 1 amide bonds. The number of carbonyl (C=O) groups is 1. The van der Waals surface area contributed by atoms with Crippen molar-refractivity contribution < 1.29 is 4.79 Å². The van der Waals surface area contributed by atoms with Crippen molar-refractivity contribution in [2.75, 3.05) is 14.1 Å². The van der Waals surface area contributed by atoms with Gasteiger partial charge >= 0.3 is 0 Å². The van der Waals surface area contributed by atoms with E-state index in [1.807, 2.05) is 24.3 Å². The number of benzene rings is 1. The van der Waals surface area contributed by atoms with Crippen LogP contribution in [0.15, 0.2) is 24.3 Å². The summed E-state index contributed by atoms with van der Waals surface area (Å²) < 4.78 is 0. The van der Waals surface area contributed by atoms with Gasteiger partial charge in [0.2, 0.25) is 0 Å². The predicted octanol–water partition coefficient (Wildman–Crippen LogP) is 2.51. The molecule has 0 N–H and O–H groups in total. The molecule has 2 nitrogen and oxygen atoms in total. The summed E-state index contributed by atoms with van der Waals surface area (Å²) in [6.07, 6.45) is 0.